The van der Waals surface area contributed by atoms with Gasteiger partial charge in [0.15, 0.2) is 0 Å². The highest BCUT2D eigenvalue weighted by Gasteiger charge is 2.22. The second kappa shape index (κ2) is 3.28. The van der Waals surface area contributed by atoms with Gasteiger partial charge in [0.25, 0.3) is 0 Å². The monoisotopic (exact) mass is 161 g/mol. The molecule has 0 aromatic heterocycles. The molecule has 1 aliphatic carbocycles. The lowest BCUT2D eigenvalue weighted by Crippen LogP contribution is -2.14. The first-order chi connectivity index (χ1) is 5.86. The smallest absolute Gasteiger partial charge is 0.00448 e. The molecule has 2 rings (SSSR count). The van der Waals surface area contributed by atoms with Crippen LogP contribution in [0.5, 0.6) is 0 Å². The van der Waals surface area contributed by atoms with Crippen molar-refractivity contribution in [3.05, 3.63) is 35.9 Å². The topological polar surface area (TPSA) is 26.0 Å². The maximum atomic E-state index is 5.86. The van der Waals surface area contributed by atoms with E-state index in [4.69, 9.17) is 5.73 Å². The molecule has 1 nitrogen and oxygen atoms in total. The predicted octanol–water partition coefficient (Wildman–Crippen LogP) is 2.28. The van der Waals surface area contributed by atoms with Gasteiger partial charge in [0, 0.05) is 6.04 Å². The number of nitrogens with two attached hydrogens (primary N) is 1. The summed E-state index contributed by atoms with van der Waals surface area (Å²) in [7, 11) is 0. The molecule has 2 atom stereocenters. The minimum atomic E-state index is 0.440. The molecule has 0 heterocycles. The SMILES string of the molecule is N[C@H]1CC[C@@H](c2ccccc2)C1. The van der Waals surface area contributed by atoms with E-state index in [0.717, 1.165) is 5.92 Å². The van der Waals surface area contributed by atoms with Crippen LogP contribution >= 0.6 is 0 Å². The van der Waals surface area contributed by atoms with Crippen molar-refractivity contribution in [2.75, 3.05) is 0 Å². The summed E-state index contributed by atoms with van der Waals surface area (Å²) in [6.45, 7) is 0. The van der Waals surface area contributed by atoms with Crippen LogP contribution in [0.1, 0.15) is 30.7 Å². The zero-order chi connectivity index (χ0) is 8.39. The Hall–Kier alpha value is -0.820. The lowest BCUT2D eigenvalue weighted by atomic mass is 9.98. The summed E-state index contributed by atoms with van der Waals surface area (Å²) in [6, 6.07) is 11.2. The summed E-state index contributed by atoms with van der Waals surface area (Å²) in [5.74, 6) is 0.723. The molecular weight excluding hydrogens is 146 g/mol. The van der Waals surface area contributed by atoms with Crippen LogP contribution in [0.2, 0.25) is 0 Å². The van der Waals surface area contributed by atoms with E-state index in [9.17, 15) is 0 Å². The third-order valence-corrected chi connectivity index (χ3v) is 2.74. The molecule has 0 radical (unpaired) electrons. The van der Waals surface area contributed by atoms with E-state index in [0.29, 0.717) is 6.04 Å². The molecule has 0 bridgehead atoms. The van der Waals surface area contributed by atoms with E-state index >= 15 is 0 Å². The van der Waals surface area contributed by atoms with Crippen molar-refractivity contribution in [2.24, 2.45) is 5.73 Å². The van der Waals surface area contributed by atoms with E-state index in [-0.39, 0.29) is 0 Å². The van der Waals surface area contributed by atoms with Gasteiger partial charge < -0.3 is 5.73 Å². The van der Waals surface area contributed by atoms with E-state index in [1.165, 1.54) is 24.8 Å². The highest BCUT2D eigenvalue weighted by atomic mass is 14.6. The van der Waals surface area contributed by atoms with Gasteiger partial charge in [0.1, 0.15) is 0 Å². The summed E-state index contributed by atoms with van der Waals surface area (Å²) in [6.07, 6.45) is 3.63. The van der Waals surface area contributed by atoms with Crippen LogP contribution in [-0.2, 0) is 0 Å². The molecule has 0 spiro atoms. The average Bonchev–Trinajstić information content (AvgIpc) is 2.54. The number of hydrogen-bond donors (Lipinski definition) is 1. The van der Waals surface area contributed by atoms with Crippen LogP contribution in [0.15, 0.2) is 30.3 Å². The Kier molecular flexibility index (Phi) is 2.13. The van der Waals surface area contributed by atoms with Crippen molar-refractivity contribution < 1.29 is 0 Å². The zero-order valence-electron chi connectivity index (χ0n) is 7.24. The van der Waals surface area contributed by atoms with Gasteiger partial charge in [-0.15, -0.1) is 0 Å². The Labute approximate surface area is 73.6 Å². The normalized spacial score (nSPS) is 29.1. The van der Waals surface area contributed by atoms with Gasteiger partial charge >= 0.3 is 0 Å². The van der Waals surface area contributed by atoms with Crippen LogP contribution < -0.4 is 5.73 Å². The molecule has 1 aromatic carbocycles. The Morgan fingerprint density at radius 3 is 2.42 bits per heavy atom. The third-order valence-electron chi connectivity index (χ3n) is 2.74. The molecule has 1 aliphatic rings. The number of rotatable bonds is 1. The number of hydrogen-bond acceptors (Lipinski definition) is 1. The summed E-state index contributed by atoms with van der Waals surface area (Å²) in [5.41, 5.74) is 7.33. The lowest BCUT2D eigenvalue weighted by molar-refractivity contribution is 0.675. The molecule has 1 aromatic rings. The van der Waals surface area contributed by atoms with Gasteiger partial charge in [0.05, 0.1) is 0 Å². The van der Waals surface area contributed by atoms with Crippen LogP contribution in [0.4, 0.5) is 0 Å². The first kappa shape index (κ1) is 7.81. The maximum Gasteiger partial charge on any atom is 0.00448 e. The predicted molar refractivity (Wildman–Crippen MR) is 51.0 cm³/mol. The minimum Gasteiger partial charge on any atom is -0.328 e. The second-order valence-corrected chi connectivity index (χ2v) is 3.68. The van der Waals surface area contributed by atoms with Crippen molar-refractivity contribution in [1.82, 2.24) is 0 Å². The Morgan fingerprint density at radius 2 is 1.83 bits per heavy atom. The molecule has 1 saturated carbocycles. The second-order valence-electron chi connectivity index (χ2n) is 3.68. The summed E-state index contributed by atoms with van der Waals surface area (Å²) >= 11 is 0. The lowest BCUT2D eigenvalue weighted by Gasteiger charge is -2.08. The van der Waals surface area contributed by atoms with Gasteiger partial charge in [0.2, 0.25) is 0 Å². The molecular formula is C11H15N. The number of benzene rings is 1. The fourth-order valence-electron chi connectivity index (χ4n) is 2.04. The van der Waals surface area contributed by atoms with E-state index in [2.05, 4.69) is 30.3 Å². The molecule has 1 heteroatoms. The largest absolute Gasteiger partial charge is 0.328 e. The molecule has 0 saturated heterocycles. The fourth-order valence-corrected chi connectivity index (χ4v) is 2.04. The van der Waals surface area contributed by atoms with Crippen molar-refractivity contribution in [1.29, 1.82) is 0 Å². The van der Waals surface area contributed by atoms with Crippen LogP contribution in [-0.4, -0.2) is 6.04 Å². The van der Waals surface area contributed by atoms with Crippen molar-refractivity contribution in [3.8, 4) is 0 Å². The van der Waals surface area contributed by atoms with E-state index < -0.39 is 0 Å². The quantitative estimate of drug-likeness (QED) is 0.672. The van der Waals surface area contributed by atoms with Crippen LogP contribution in [0.25, 0.3) is 0 Å². The average molecular weight is 161 g/mol. The van der Waals surface area contributed by atoms with Crippen LogP contribution in [0.3, 0.4) is 0 Å². The van der Waals surface area contributed by atoms with E-state index in [1.54, 1.807) is 0 Å². The highest BCUT2D eigenvalue weighted by Crippen LogP contribution is 2.32. The fraction of sp³-hybridized carbons (Fsp3) is 0.455. The van der Waals surface area contributed by atoms with E-state index in [1.807, 2.05) is 0 Å². The minimum absolute atomic E-state index is 0.440. The summed E-state index contributed by atoms with van der Waals surface area (Å²) < 4.78 is 0. The van der Waals surface area contributed by atoms with Gasteiger partial charge in [-0.1, -0.05) is 30.3 Å². The highest BCUT2D eigenvalue weighted by molar-refractivity contribution is 5.20. The summed E-state index contributed by atoms with van der Waals surface area (Å²) in [4.78, 5) is 0. The Balaban J connectivity index is 2.11. The van der Waals surface area contributed by atoms with Crippen LogP contribution in [0, 0.1) is 0 Å². The first-order valence-electron chi connectivity index (χ1n) is 4.67. The Morgan fingerprint density at radius 1 is 1.08 bits per heavy atom. The molecule has 64 valence electrons. The van der Waals surface area contributed by atoms with Gasteiger partial charge in [-0.25, -0.2) is 0 Å². The standard InChI is InChI=1S/C11H15N/c12-11-7-6-10(8-11)9-4-2-1-3-5-9/h1-5,10-11H,6-8,12H2/t10-,11+/m1/s1. The molecule has 0 unspecified atom stereocenters. The van der Waals surface area contributed by atoms with Crippen molar-refractivity contribution in [2.45, 2.75) is 31.2 Å². The summed E-state index contributed by atoms with van der Waals surface area (Å²) in [5, 5.41) is 0. The van der Waals surface area contributed by atoms with Gasteiger partial charge in [-0.2, -0.15) is 0 Å². The van der Waals surface area contributed by atoms with Gasteiger partial charge in [-0.3, -0.25) is 0 Å². The zero-order valence-corrected chi connectivity index (χ0v) is 7.24. The Bertz CT molecular complexity index is 242. The van der Waals surface area contributed by atoms with Crippen molar-refractivity contribution >= 4 is 0 Å². The molecule has 12 heavy (non-hydrogen) atoms. The third kappa shape index (κ3) is 1.51. The van der Waals surface area contributed by atoms with Gasteiger partial charge in [-0.05, 0) is 30.7 Å². The molecule has 2 N–H and O–H groups in total. The molecule has 0 amide bonds. The van der Waals surface area contributed by atoms with Crippen molar-refractivity contribution in [3.63, 3.8) is 0 Å². The molecule has 0 aliphatic heterocycles. The first-order valence-corrected chi connectivity index (χ1v) is 4.67. The maximum absolute atomic E-state index is 5.86. The molecule has 1 fully saturated rings.